The Morgan fingerprint density at radius 2 is 1.96 bits per heavy atom. The molecule has 1 atom stereocenters. The molecule has 2 amide bonds. The molecule has 2 heterocycles. The van der Waals surface area contributed by atoms with Gasteiger partial charge < -0.3 is 15.5 Å². The molecule has 2 aromatic rings. The van der Waals surface area contributed by atoms with Crippen LogP contribution in [-0.2, 0) is 9.59 Å². The molecule has 0 bridgehead atoms. The number of hydrogen-bond donors (Lipinski definition) is 2. The van der Waals surface area contributed by atoms with Crippen molar-refractivity contribution in [3.8, 4) is 0 Å². The Morgan fingerprint density at radius 3 is 2.73 bits per heavy atom. The molecule has 0 aromatic heterocycles. The molecular weight excluding hydrogens is 335 g/mol. The third-order valence-corrected chi connectivity index (χ3v) is 4.51. The zero-order valence-corrected chi connectivity index (χ0v) is 13.9. The lowest BCUT2D eigenvalue weighted by Gasteiger charge is -2.28. The standard InChI is InChI=1S/C19H17FN4O2/c20-12-1-6-17-15(9-12)16(19(26)23-17)10-22-13-2-4-14(5-3-13)24-8-7-21-18(25)11-24/h1-6,9-10,16H,7-8,11H2,(H,21,25)(H,23,26). The third kappa shape index (κ3) is 3.15. The number of nitrogens with one attached hydrogen (secondary N) is 2. The summed E-state index contributed by atoms with van der Waals surface area (Å²) in [6.07, 6.45) is 1.53. The van der Waals surface area contributed by atoms with Gasteiger partial charge in [-0.1, -0.05) is 0 Å². The van der Waals surface area contributed by atoms with E-state index in [4.69, 9.17) is 0 Å². The molecule has 1 unspecified atom stereocenters. The highest BCUT2D eigenvalue weighted by Gasteiger charge is 2.29. The van der Waals surface area contributed by atoms with Gasteiger partial charge in [-0.2, -0.15) is 0 Å². The summed E-state index contributed by atoms with van der Waals surface area (Å²) in [5.41, 5.74) is 2.85. The smallest absolute Gasteiger partial charge is 0.239 e. The molecule has 26 heavy (non-hydrogen) atoms. The summed E-state index contributed by atoms with van der Waals surface area (Å²) in [5, 5.41) is 5.52. The molecule has 6 nitrogen and oxygen atoms in total. The zero-order valence-electron chi connectivity index (χ0n) is 13.9. The van der Waals surface area contributed by atoms with E-state index in [0.29, 0.717) is 30.0 Å². The van der Waals surface area contributed by atoms with Gasteiger partial charge in [-0.05, 0) is 48.0 Å². The van der Waals surface area contributed by atoms with E-state index in [1.807, 2.05) is 29.2 Å². The van der Waals surface area contributed by atoms with Gasteiger partial charge >= 0.3 is 0 Å². The number of anilines is 2. The van der Waals surface area contributed by atoms with E-state index in [0.717, 1.165) is 12.2 Å². The van der Waals surface area contributed by atoms with Crippen LogP contribution < -0.4 is 15.5 Å². The number of fused-ring (bicyclic) bond motifs is 1. The van der Waals surface area contributed by atoms with Crippen molar-refractivity contribution < 1.29 is 14.0 Å². The van der Waals surface area contributed by atoms with Crippen LogP contribution in [-0.4, -0.2) is 37.7 Å². The van der Waals surface area contributed by atoms with Crippen LogP contribution in [0.1, 0.15) is 11.5 Å². The first-order valence-electron chi connectivity index (χ1n) is 8.36. The SMILES string of the molecule is O=C1CN(c2ccc(N=CC3C(=O)Nc4ccc(F)cc43)cc2)CCN1. The van der Waals surface area contributed by atoms with Crippen LogP contribution in [0.2, 0.25) is 0 Å². The van der Waals surface area contributed by atoms with Crippen LogP contribution in [0.15, 0.2) is 47.5 Å². The number of hydrogen-bond acceptors (Lipinski definition) is 4. The van der Waals surface area contributed by atoms with Crippen molar-refractivity contribution >= 4 is 35.1 Å². The lowest BCUT2D eigenvalue weighted by Crippen LogP contribution is -2.47. The lowest BCUT2D eigenvalue weighted by molar-refractivity contribution is -0.120. The summed E-state index contributed by atoms with van der Waals surface area (Å²) in [6, 6.07) is 11.7. The molecule has 2 aliphatic heterocycles. The number of amides is 2. The van der Waals surface area contributed by atoms with Crippen LogP contribution in [0.4, 0.5) is 21.5 Å². The van der Waals surface area contributed by atoms with Crippen molar-refractivity contribution in [3.63, 3.8) is 0 Å². The van der Waals surface area contributed by atoms with Gasteiger partial charge in [-0.15, -0.1) is 0 Å². The highest BCUT2D eigenvalue weighted by atomic mass is 19.1. The summed E-state index contributed by atoms with van der Waals surface area (Å²) in [5.74, 6) is -1.19. The average Bonchev–Trinajstić information content (AvgIpc) is 2.95. The van der Waals surface area contributed by atoms with E-state index < -0.39 is 5.92 Å². The molecule has 132 valence electrons. The van der Waals surface area contributed by atoms with Crippen molar-refractivity contribution in [1.29, 1.82) is 0 Å². The molecule has 0 saturated carbocycles. The fourth-order valence-electron chi connectivity index (χ4n) is 3.17. The van der Waals surface area contributed by atoms with Crippen LogP contribution in [0.3, 0.4) is 0 Å². The minimum atomic E-state index is -0.605. The van der Waals surface area contributed by atoms with E-state index in [1.54, 1.807) is 6.07 Å². The van der Waals surface area contributed by atoms with Crippen LogP contribution in [0.5, 0.6) is 0 Å². The molecule has 2 N–H and O–H groups in total. The van der Waals surface area contributed by atoms with Gasteiger partial charge in [0.15, 0.2) is 0 Å². The number of carbonyl (C=O) groups is 2. The minimum absolute atomic E-state index is 0.0106. The fourth-order valence-corrected chi connectivity index (χ4v) is 3.17. The topological polar surface area (TPSA) is 73.8 Å². The first kappa shape index (κ1) is 16.3. The highest BCUT2D eigenvalue weighted by Crippen LogP contribution is 2.32. The Hall–Kier alpha value is -3.22. The average molecular weight is 352 g/mol. The predicted octanol–water partition coefficient (Wildman–Crippen LogP) is 2.20. The Morgan fingerprint density at radius 1 is 1.15 bits per heavy atom. The van der Waals surface area contributed by atoms with Crippen molar-refractivity contribution in [3.05, 3.63) is 53.8 Å². The highest BCUT2D eigenvalue weighted by molar-refractivity contribution is 6.12. The van der Waals surface area contributed by atoms with Crippen LogP contribution in [0.25, 0.3) is 0 Å². The minimum Gasteiger partial charge on any atom is -0.360 e. The number of halogens is 1. The summed E-state index contributed by atoms with van der Waals surface area (Å²) in [7, 11) is 0. The largest absolute Gasteiger partial charge is 0.360 e. The molecule has 0 radical (unpaired) electrons. The monoisotopic (exact) mass is 352 g/mol. The van der Waals surface area contributed by atoms with Gasteiger partial charge in [0.05, 0.1) is 12.2 Å². The Balaban J connectivity index is 1.50. The number of carbonyl (C=O) groups excluding carboxylic acids is 2. The van der Waals surface area contributed by atoms with Crippen molar-refractivity contribution in [1.82, 2.24) is 5.32 Å². The van der Waals surface area contributed by atoms with Gasteiger partial charge in [-0.25, -0.2) is 4.39 Å². The summed E-state index contributed by atoms with van der Waals surface area (Å²) >= 11 is 0. The third-order valence-electron chi connectivity index (χ3n) is 4.51. The molecular formula is C19H17FN4O2. The maximum absolute atomic E-state index is 13.5. The quantitative estimate of drug-likeness (QED) is 0.832. The summed E-state index contributed by atoms with van der Waals surface area (Å²) < 4.78 is 13.5. The van der Waals surface area contributed by atoms with Crippen molar-refractivity contribution in [2.45, 2.75) is 5.92 Å². The molecule has 2 aliphatic rings. The molecule has 2 aromatic carbocycles. The second kappa shape index (κ2) is 6.59. The van der Waals surface area contributed by atoms with Gasteiger partial charge in [0.1, 0.15) is 11.7 Å². The molecule has 1 saturated heterocycles. The van der Waals surface area contributed by atoms with Crippen LogP contribution >= 0.6 is 0 Å². The molecule has 0 spiro atoms. The Bertz CT molecular complexity index is 895. The van der Waals surface area contributed by atoms with E-state index >= 15 is 0 Å². The second-order valence-corrected chi connectivity index (χ2v) is 6.26. The second-order valence-electron chi connectivity index (χ2n) is 6.26. The number of benzene rings is 2. The van der Waals surface area contributed by atoms with E-state index in [1.165, 1.54) is 18.3 Å². The number of rotatable bonds is 3. The van der Waals surface area contributed by atoms with Gasteiger partial charge in [0.2, 0.25) is 11.8 Å². The zero-order chi connectivity index (χ0) is 18.1. The molecule has 7 heteroatoms. The van der Waals surface area contributed by atoms with E-state index in [9.17, 15) is 14.0 Å². The predicted molar refractivity (Wildman–Crippen MR) is 97.6 cm³/mol. The number of aliphatic imine (C=N–C) groups is 1. The van der Waals surface area contributed by atoms with Gasteiger partial charge in [0, 0.05) is 30.7 Å². The first-order chi connectivity index (χ1) is 12.6. The molecule has 1 fully saturated rings. The van der Waals surface area contributed by atoms with E-state index in [2.05, 4.69) is 15.6 Å². The maximum atomic E-state index is 13.5. The van der Waals surface area contributed by atoms with Crippen molar-refractivity contribution in [2.24, 2.45) is 4.99 Å². The summed E-state index contributed by atoms with van der Waals surface area (Å²) in [6.45, 7) is 1.73. The Labute approximate surface area is 149 Å². The molecule has 4 rings (SSSR count). The maximum Gasteiger partial charge on any atom is 0.239 e. The molecule has 0 aliphatic carbocycles. The van der Waals surface area contributed by atoms with Gasteiger partial charge in [-0.3, -0.25) is 14.6 Å². The van der Waals surface area contributed by atoms with Crippen molar-refractivity contribution in [2.75, 3.05) is 29.9 Å². The van der Waals surface area contributed by atoms with E-state index in [-0.39, 0.29) is 17.6 Å². The fraction of sp³-hybridized carbons (Fsp3) is 0.211. The number of piperazine rings is 1. The Kier molecular flexibility index (Phi) is 4.12. The number of nitrogens with zero attached hydrogens (tertiary/aromatic N) is 2. The lowest BCUT2D eigenvalue weighted by atomic mass is 10.0. The van der Waals surface area contributed by atoms with Gasteiger partial charge in [0.25, 0.3) is 0 Å². The first-order valence-corrected chi connectivity index (χ1v) is 8.36. The van der Waals surface area contributed by atoms with Crippen LogP contribution in [0, 0.1) is 5.82 Å². The normalized spacial score (nSPS) is 19.4. The summed E-state index contributed by atoms with van der Waals surface area (Å²) in [4.78, 5) is 29.9.